The predicted octanol–water partition coefficient (Wildman–Crippen LogP) is 2.28. The summed E-state index contributed by atoms with van der Waals surface area (Å²) in [6.07, 6.45) is -0.527. The Morgan fingerprint density at radius 3 is 2.57 bits per heavy atom. The van der Waals surface area contributed by atoms with E-state index in [0.29, 0.717) is 23.4 Å². The lowest BCUT2D eigenvalue weighted by Crippen LogP contribution is -2.49. The Hall–Kier alpha value is -3.33. The summed E-state index contributed by atoms with van der Waals surface area (Å²) in [5, 5.41) is 2.63. The van der Waals surface area contributed by atoms with Gasteiger partial charge in [0.1, 0.15) is 0 Å². The van der Waals surface area contributed by atoms with Crippen molar-refractivity contribution in [2.24, 2.45) is 5.73 Å². The zero-order chi connectivity index (χ0) is 21.5. The van der Waals surface area contributed by atoms with E-state index in [1.54, 1.807) is 6.07 Å². The number of para-hydroxylation sites is 1. The second kappa shape index (κ2) is 7.49. The lowest BCUT2D eigenvalue weighted by atomic mass is 10.2. The van der Waals surface area contributed by atoms with E-state index < -0.39 is 28.8 Å². The van der Waals surface area contributed by atoms with Crippen LogP contribution in [-0.2, 0) is 19.1 Å². The van der Waals surface area contributed by atoms with Crippen LogP contribution in [0, 0.1) is 0 Å². The maximum atomic E-state index is 13.1. The van der Waals surface area contributed by atoms with Gasteiger partial charge in [-0.3, -0.25) is 19.3 Å². The number of hydrogen-bond donors (Lipinski definition) is 2. The molecule has 0 bridgehead atoms. The van der Waals surface area contributed by atoms with Crippen LogP contribution in [0.4, 0.5) is 11.4 Å². The number of carbonyl (C=O) groups is 4. The maximum Gasteiger partial charge on any atom is 0.344 e. The van der Waals surface area contributed by atoms with Gasteiger partial charge in [-0.2, -0.15) is 0 Å². The van der Waals surface area contributed by atoms with Gasteiger partial charge in [0.25, 0.3) is 5.91 Å². The van der Waals surface area contributed by atoms with E-state index in [1.165, 1.54) is 47.9 Å². The first-order valence-corrected chi connectivity index (χ1v) is 10.2. The quantitative estimate of drug-likeness (QED) is 0.710. The molecule has 1 saturated heterocycles. The number of anilines is 2. The topological polar surface area (TPSA) is 119 Å². The number of rotatable bonds is 5. The molecule has 2 aliphatic rings. The smallest absolute Gasteiger partial charge is 0.344 e. The highest BCUT2D eigenvalue weighted by atomic mass is 32.2. The maximum absolute atomic E-state index is 13.1. The van der Waals surface area contributed by atoms with E-state index in [1.807, 2.05) is 18.2 Å². The van der Waals surface area contributed by atoms with Crippen LogP contribution < -0.4 is 16.0 Å². The van der Waals surface area contributed by atoms with Gasteiger partial charge >= 0.3 is 5.97 Å². The molecule has 2 aromatic carbocycles. The molecule has 2 aromatic rings. The van der Waals surface area contributed by atoms with Crippen molar-refractivity contribution in [2.45, 2.75) is 35.6 Å². The molecule has 154 valence electrons. The van der Waals surface area contributed by atoms with E-state index in [2.05, 4.69) is 5.32 Å². The molecule has 0 aliphatic carbocycles. The van der Waals surface area contributed by atoms with Crippen LogP contribution in [0.15, 0.2) is 53.4 Å². The Bertz CT molecular complexity index is 1050. The van der Waals surface area contributed by atoms with Gasteiger partial charge < -0.3 is 15.8 Å². The van der Waals surface area contributed by atoms with E-state index in [4.69, 9.17) is 10.5 Å². The molecule has 0 radical (unpaired) electrons. The molecule has 0 unspecified atom stereocenters. The highest BCUT2D eigenvalue weighted by Gasteiger charge is 2.58. The molecule has 3 amide bonds. The van der Waals surface area contributed by atoms with Crippen molar-refractivity contribution >= 4 is 46.8 Å². The first-order valence-electron chi connectivity index (χ1n) is 9.35. The molecular weight excluding hydrogens is 406 g/mol. The fraction of sp³-hybridized carbons (Fsp3) is 0.238. The van der Waals surface area contributed by atoms with Gasteiger partial charge in [0.2, 0.25) is 11.8 Å². The lowest BCUT2D eigenvalue weighted by molar-refractivity contribution is -0.155. The van der Waals surface area contributed by atoms with Gasteiger partial charge in [-0.1, -0.05) is 23.9 Å². The SMILES string of the molecule is C[C@@H](OC(=O)[C@@]12CCC(=O)N1c1ccccc1S2)C(=O)Nc1ccc(C(N)=O)cc1. The number of nitrogens with zero attached hydrogens (tertiary/aromatic N) is 1. The van der Waals surface area contributed by atoms with Crippen LogP contribution >= 0.6 is 11.8 Å². The Morgan fingerprint density at radius 2 is 1.87 bits per heavy atom. The number of esters is 1. The number of nitrogens with one attached hydrogen (secondary N) is 1. The lowest BCUT2D eigenvalue weighted by Gasteiger charge is -2.29. The van der Waals surface area contributed by atoms with Crippen LogP contribution in [0.2, 0.25) is 0 Å². The number of fused-ring (bicyclic) bond motifs is 3. The predicted molar refractivity (Wildman–Crippen MR) is 111 cm³/mol. The standard InChI is InChI=1S/C21H19N3O5S/c1-12(19(27)23-14-8-6-13(7-9-14)18(22)26)29-20(28)21-11-10-17(25)24(21)15-4-2-3-5-16(15)30-21/h2-9,12H,10-11H2,1H3,(H2,22,26)(H,23,27)/t12-,21+/m1/s1. The van der Waals surface area contributed by atoms with Gasteiger partial charge in [-0.15, -0.1) is 0 Å². The highest BCUT2D eigenvalue weighted by molar-refractivity contribution is 8.02. The Labute approximate surface area is 176 Å². The van der Waals surface area contributed by atoms with Crippen LogP contribution in [0.5, 0.6) is 0 Å². The molecule has 1 fully saturated rings. The van der Waals surface area contributed by atoms with Crippen LogP contribution in [0.1, 0.15) is 30.1 Å². The number of hydrogen-bond acceptors (Lipinski definition) is 6. The molecule has 30 heavy (non-hydrogen) atoms. The monoisotopic (exact) mass is 425 g/mol. The fourth-order valence-electron chi connectivity index (χ4n) is 3.54. The molecule has 4 rings (SSSR count). The zero-order valence-electron chi connectivity index (χ0n) is 16.1. The molecule has 0 aromatic heterocycles. The highest BCUT2D eigenvalue weighted by Crippen LogP contribution is 2.56. The van der Waals surface area contributed by atoms with Crippen molar-refractivity contribution < 1.29 is 23.9 Å². The molecule has 2 aliphatic heterocycles. The molecule has 8 nitrogen and oxygen atoms in total. The second-order valence-electron chi connectivity index (χ2n) is 7.06. The number of primary amides is 1. The van der Waals surface area contributed by atoms with Crippen LogP contribution in [0.25, 0.3) is 0 Å². The van der Waals surface area contributed by atoms with Gasteiger partial charge in [-0.25, -0.2) is 4.79 Å². The van der Waals surface area contributed by atoms with Crippen molar-refractivity contribution in [2.75, 3.05) is 10.2 Å². The van der Waals surface area contributed by atoms with Crippen molar-refractivity contribution in [3.8, 4) is 0 Å². The van der Waals surface area contributed by atoms with Crippen molar-refractivity contribution in [3.05, 3.63) is 54.1 Å². The molecular formula is C21H19N3O5S. The minimum Gasteiger partial charge on any atom is -0.450 e. The van der Waals surface area contributed by atoms with E-state index in [-0.39, 0.29) is 12.3 Å². The molecule has 3 N–H and O–H groups in total. The van der Waals surface area contributed by atoms with E-state index >= 15 is 0 Å². The summed E-state index contributed by atoms with van der Waals surface area (Å²) >= 11 is 1.28. The van der Waals surface area contributed by atoms with E-state index in [0.717, 1.165) is 4.90 Å². The molecule has 0 saturated carbocycles. The summed E-state index contributed by atoms with van der Waals surface area (Å²) in [7, 11) is 0. The second-order valence-corrected chi connectivity index (χ2v) is 8.38. The Kier molecular flexibility index (Phi) is 4.98. The van der Waals surface area contributed by atoms with Gasteiger partial charge in [-0.05, 0) is 43.3 Å². The third kappa shape index (κ3) is 3.30. The molecule has 0 spiro atoms. The van der Waals surface area contributed by atoms with Gasteiger partial charge in [0, 0.05) is 29.0 Å². The minimum atomic E-state index is -1.18. The summed E-state index contributed by atoms with van der Waals surface area (Å²) in [6.45, 7) is 1.47. The number of carbonyl (C=O) groups excluding carboxylic acids is 4. The molecule has 2 heterocycles. The number of thioether (sulfide) groups is 1. The third-order valence-electron chi connectivity index (χ3n) is 5.08. The summed E-state index contributed by atoms with van der Waals surface area (Å²) < 4.78 is 5.47. The van der Waals surface area contributed by atoms with Gasteiger partial charge in [0.15, 0.2) is 11.0 Å². The van der Waals surface area contributed by atoms with Crippen molar-refractivity contribution in [1.82, 2.24) is 0 Å². The number of benzene rings is 2. The van der Waals surface area contributed by atoms with Crippen LogP contribution in [0.3, 0.4) is 0 Å². The van der Waals surface area contributed by atoms with Crippen molar-refractivity contribution in [3.63, 3.8) is 0 Å². The number of amides is 3. The molecule has 2 atom stereocenters. The van der Waals surface area contributed by atoms with E-state index in [9.17, 15) is 19.2 Å². The first-order chi connectivity index (χ1) is 14.3. The Balaban J connectivity index is 1.46. The minimum absolute atomic E-state index is 0.143. The average molecular weight is 425 g/mol. The van der Waals surface area contributed by atoms with Crippen LogP contribution in [-0.4, -0.2) is 34.7 Å². The third-order valence-corrected chi connectivity index (χ3v) is 6.54. The summed E-state index contributed by atoms with van der Waals surface area (Å²) in [5.74, 6) is -1.86. The Morgan fingerprint density at radius 1 is 1.17 bits per heavy atom. The van der Waals surface area contributed by atoms with Crippen molar-refractivity contribution in [1.29, 1.82) is 0 Å². The summed E-state index contributed by atoms with van der Waals surface area (Å²) in [6, 6.07) is 13.4. The number of nitrogens with two attached hydrogens (primary N) is 1. The summed E-state index contributed by atoms with van der Waals surface area (Å²) in [5.41, 5.74) is 6.64. The fourth-order valence-corrected chi connectivity index (χ4v) is 4.94. The first kappa shape index (κ1) is 20.0. The largest absolute Gasteiger partial charge is 0.450 e. The molecule has 9 heteroatoms. The summed E-state index contributed by atoms with van der Waals surface area (Å²) in [4.78, 5) is 50.3. The normalized spacial score (nSPS) is 20.3. The average Bonchev–Trinajstić information content (AvgIpc) is 3.24. The number of ether oxygens (including phenoxy) is 1. The zero-order valence-corrected chi connectivity index (χ0v) is 16.9. The van der Waals surface area contributed by atoms with Gasteiger partial charge in [0.05, 0.1) is 5.69 Å².